The number of ether oxygens (including phenoxy) is 1. The molecular formula is C25H39N3O3. The van der Waals surface area contributed by atoms with Crippen LogP contribution in [0.3, 0.4) is 0 Å². The number of amides is 2. The van der Waals surface area contributed by atoms with Crippen molar-refractivity contribution in [3.05, 3.63) is 22.9 Å². The highest BCUT2D eigenvalue weighted by atomic mass is 16.6. The predicted molar refractivity (Wildman–Crippen MR) is 121 cm³/mol. The van der Waals surface area contributed by atoms with Crippen LogP contribution in [0.2, 0.25) is 0 Å². The molecular weight excluding hydrogens is 390 g/mol. The highest BCUT2D eigenvalue weighted by Crippen LogP contribution is 2.47. The van der Waals surface area contributed by atoms with Crippen LogP contribution in [-0.2, 0) is 9.53 Å². The molecule has 31 heavy (non-hydrogen) atoms. The lowest BCUT2D eigenvalue weighted by Gasteiger charge is -2.41. The fraction of sp³-hybridized carbons (Fsp3) is 0.760. The van der Waals surface area contributed by atoms with Crippen LogP contribution in [0.15, 0.2) is 22.9 Å². The average Bonchev–Trinajstić information content (AvgIpc) is 2.91. The van der Waals surface area contributed by atoms with Gasteiger partial charge in [0.25, 0.3) is 0 Å². The minimum absolute atomic E-state index is 0.170. The highest BCUT2D eigenvalue weighted by Gasteiger charge is 2.48. The summed E-state index contributed by atoms with van der Waals surface area (Å²) < 4.78 is 5.19. The SMILES string of the molecule is CCOC(=O)N1CCCC(N2CCC(N3C(=O)C(C)(C)C4=C3C=C(C)CC4)CC2)CC1. The number of hydrogen-bond acceptors (Lipinski definition) is 4. The molecule has 0 spiro atoms. The molecule has 2 fully saturated rings. The van der Waals surface area contributed by atoms with E-state index in [1.807, 2.05) is 11.8 Å². The molecule has 0 aromatic carbocycles. The van der Waals surface area contributed by atoms with Crippen molar-refractivity contribution in [2.45, 2.75) is 84.7 Å². The Kier molecular flexibility index (Phi) is 6.47. The Bertz CT molecular complexity index is 777. The summed E-state index contributed by atoms with van der Waals surface area (Å²) in [6.45, 7) is 12.3. The van der Waals surface area contributed by atoms with Gasteiger partial charge in [0, 0.05) is 44.0 Å². The highest BCUT2D eigenvalue weighted by molar-refractivity contribution is 5.91. The van der Waals surface area contributed by atoms with E-state index in [1.165, 1.54) is 16.8 Å². The Balaban J connectivity index is 1.37. The lowest BCUT2D eigenvalue weighted by atomic mass is 9.80. The fourth-order valence-corrected chi connectivity index (χ4v) is 5.94. The molecule has 172 valence electrons. The molecule has 1 aliphatic carbocycles. The normalized spacial score (nSPS) is 27.8. The third kappa shape index (κ3) is 4.28. The van der Waals surface area contributed by atoms with Gasteiger partial charge in [-0.15, -0.1) is 0 Å². The topological polar surface area (TPSA) is 53.1 Å². The van der Waals surface area contributed by atoms with E-state index in [1.54, 1.807) is 0 Å². The maximum atomic E-state index is 13.4. The number of nitrogens with zero attached hydrogens (tertiary/aromatic N) is 3. The predicted octanol–water partition coefficient (Wildman–Crippen LogP) is 4.32. The zero-order valence-corrected chi connectivity index (χ0v) is 19.8. The van der Waals surface area contributed by atoms with Gasteiger partial charge in [-0.3, -0.25) is 4.79 Å². The van der Waals surface area contributed by atoms with Crippen molar-refractivity contribution in [1.82, 2.24) is 14.7 Å². The molecule has 0 N–H and O–H groups in total. The molecule has 3 heterocycles. The number of piperidine rings is 1. The first-order valence-electron chi connectivity index (χ1n) is 12.2. The van der Waals surface area contributed by atoms with E-state index >= 15 is 0 Å². The van der Waals surface area contributed by atoms with Crippen LogP contribution in [0, 0.1) is 5.41 Å². The molecule has 4 aliphatic rings. The second kappa shape index (κ2) is 8.97. The maximum absolute atomic E-state index is 13.4. The molecule has 6 heteroatoms. The molecule has 3 aliphatic heterocycles. The second-order valence-electron chi connectivity index (χ2n) is 10.2. The van der Waals surface area contributed by atoms with Gasteiger partial charge in [-0.25, -0.2) is 4.79 Å². The van der Waals surface area contributed by atoms with Gasteiger partial charge in [-0.1, -0.05) is 5.57 Å². The number of carbonyl (C=O) groups is 2. The van der Waals surface area contributed by atoms with Gasteiger partial charge in [0.1, 0.15) is 0 Å². The number of carbonyl (C=O) groups excluding carboxylic acids is 2. The summed E-state index contributed by atoms with van der Waals surface area (Å²) in [6, 6.07) is 0.831. The summed E-state index contributed by atoms with van der Waals surface area (Å²) in [5, 5.41) is 0. The lowest BCUT2D eigenvalue weighted by molar-refractivity contribution is -0.136. The Morgan fingerprint density at radius 3 is 2.48 bits per heavy atom. The zero-order valence-electron chi connectivity index (χ0n) is 19.8. The fourth-order valence-electron chi connectivity index (χ4n) is 5.94. The summed E-state index contributed by atoms with van der Waals surface area (Å²) in [6.07, 6.45) is 9.43. The molecule has 0 aromatic heterocycles. The van der Waals surface area contributed by atoms with Gasteiger partial charge in [0.15, 0.2) is 0 Å². The molecule has 2 saturated heterocycles. The van der Waals surface area contributed by atoms with E-state index in [4.69, 9.17) is 4.74 Å². The third-order valence-corrected chi connectivity index (χ3v) is 7.83. The number of hydrogen-bond donors (Lipinski definition) is 0. The van der Waals surface area contributed by atoms with Crippen LogP contribution >= 0.6 is 0 Å². The van der Waals surface area contributed by atoms with Crippen LogP contribution in [0.1, 0.15) is 72.6 Å². The van der Waals surface area contributed by atoms with Gasteiger partial charge in [-0.2, -0.15) is 0 Å². The first-order valence-corrected chi connectivity index (χ1v) is 12.2. The molecule has 6 nitrogen and oxygen atoms in total. The van der Waals surface area contributed by atoms with Crippen molar-refractivity contribution in [2.24, 2.45) is 5.41 Å². The van der Waals surface area contributed by atoms with Gasteiger partial charge in [0.2, 0.25) is 5.91 Å². The van der Waals surface area contributed by atoms with Crippen molar-refractivity contribution >= 4 is 12.0 Å². The summed E-state index contributed by atoms with van der Waals surface area (Å²) in [7, 11) is 0. The molecule has 0 aromatic rings. The summed E-state index contributed by atoms with van der Waals surface area (Å²) in [5.74, 6) is 0.293. The van der Waals surface area contributed by atoms with E-state index in [0.717, 1.165) is 71.1 Å². The third-order valence-electron chi connectivity index (χ3n) is 7.83. The molecule has 4 rings (SSSR count). The second-order valence-corrected chi connectivity index (χ2v) is 10.2. The van der Waals surface area contributed by atoms with Crippen molar-refractivity contribution in [3.63, 3.8) is 0 Å². The first-order chi connectivity index (χ1) is 14.8. The van der Waals surface area contributed by atoms with Crippen molar-refractivity contribution in [3.8, 4) is 0 Å². The quantitative estimate of drug-likeness (QED) is 0.670. The van der Waals surface area contributed by atoms with Crippen molar-refractivity contribution in [2.75, 3.05) is 32.8 Å². The maximum Gasteiger partial charge on any atom is 0.409 e. The Labute approximate surface area is 187 Å². The molecule has 1 atom stereocenters. The summed E-state index contributed by atoms with van der Waals surface area (Å²) >= 11 is 0. The van der Waals surface area contributed by atoms with E-state index < -0.39 is 0 Å². The smallest absolute Gasteiger partial charge is 0.409 e. The van der Waals surface area contributed by atoms with E-state index in [9.17, 15) is 9.59 Å². The van der Waals surface area contributed by atoms with Crippen LogP contribution in [0.25, 0.3) is 0 Å². The standard InChI is InChI=1S/C25H39N3O3/c1-5-31-24(30)27-13-6-7-19(10-16-27)26-14-11-20(12-15-26)28-22-17-18(2)8-9-21(22)25(3,4)23(28)29/h17,19-20H,5-16H2,1-4H3. The van der Waals surface area contributed by atoms with Gasteiger partial charge >= 0.3 is 6.09 Å². The van der Waals surface area contributed by atoms with Crippen LogP contribution in [0.4, 0.5) is 4.79 Å². The minimum atomic E-state index is -0.360. The van der Waals surface area contributed by atoms with Gasteiger partial charge in [0.05, 0.1) is 12.0 Å². The van der Waals surface area contributed by atoms with Gasteiger partial charge < -0.3 is 19.4 Å². The van der Waals surface area contributed by atoms with E-state index in [0.29, 0.717) is 24.6 Å². The Morgan fingerprint density at radius 1 is 1.06 bits per heavy atom. The lowest BCUT2D eigenvalue weighted by Crippen LogP contribution is -2.49. The summed E-state index contributed by atoms with van der Waals surface area (Å²) in [4.78, 5) is 32.1. The molecule has 1 unspecified atom stereocenters. The zero-order chi connectivity index (χ0) is 22.2. The van der Waals surface area contributed by atoms with Crippen LogP contribution in [-0.4, -0.2) is 71.6 Å². The van der Waals surface area contributed by atoms with Crippen LogP contribution in [0.5, 0.6) is 0 Å². The Hall–Kier alpha value is -1.82. The van der Waals surface area contributed by atoms with E-state index in [2.05, 4.69) is 36.6 Å². The number of allylic oxidation sites excluding steroid dienone is 2. The van der Waals surface area contributed by atoms with E-state index in [-0.39, 0.29) is 11.5 Å². The summed E-state index contributed by atoms with van der Waals surface area (Å²) in [5.41, 5.74) is 3.57. The molecule has 0 radical (unpaired) electrons. The first kappa shape index (κ1) is 22.4. The molecule has 0 bridgehead atoms. The average molecular weight is 430 g/mol. The molecule has 2 amide bonds. The van der Waals surface area contributed by atoms with Crippen LogP contribution < -0.4 is 0 Å². The molecule has 0 saturated carbocycles. The monoisotopic (exact) mass is 429 g/mol. The minimum Gasteiger partial charge on any atom is -0.450 e. The largest absolute Gasteiger partial charge is 0.450 e. The van der Waals surface area contributed by atoms with Crippen molar-refractivity contribution in [1.29, 1.82) is 0 Å². The number of rotatable bonds is 3. The van der Waals surface area contributed by atoms with Gasteiger partial charge in [-0.05, 0) is 84.3 Å². The van der Waals surface area contributed by atoms with Crippen molar-refractivity contribution < 1.29 is 14.3 Å². The number of likely N-dealkylation sites (tertiary alicyclic amines) is 2. The Morgan fingerprint density at radius 2 is 1.77 bits per heavy atom.